The minimum absolute atomic E-state index is 0.0955. The molecular weight excluding hydrogens is 1440 g/mol. The van der Waals surface area contributed by atoms with Gasteiger partial charge in [0.25, 0.3) is 0 Å². The van der Waals surface area contributed by atoms with Gasteiger partial charge in [-0.3, -0.25) is 38.4 Å². The number of carboxylic acids is 1. The van der Waals surface area contributed by atoms with E-state index in [0.717, 1.165) is 20.8 Å². The second kappa shape index (κ2) is 43.1. The van der Waals surface area contributed by atoms with Crippen molar-refractivity contribution >= 4 is 53.2 Å². The van der Waals surface area contributed by atoms with Gasteiger partial charge in [-0.1, -0.05) is 20.3 Å². The zero-order valence-electron chi connectivity index (χ0n) is 59.7. The van der Waals surface area contributed by atoms with Gasteiger partial charge >= 0.3 is 5.97 Å². The van der Waals surface area contributed by atoms with Gasteiger partial charge in [0.05, 0.1) is 51.6 Å². The minimum atomic E-state index is -2.32. The van der Waals surface area contributed by atoms with Crippen molar-refractivity contribution in [1.29, 1.82) is 0 Å². The molecule has 0 aromatic heterocycles. The van der Waals surface area contributed by atoms with Crippen molar-refractivity contribution in [3.05, 3.63) is 0 Å². The molecule has 5 rings (SSSR count). The van der Waals surface area contributed by atoms with Crippen LogP contribution in [0.25, 0.3) is 0 Å². The lowest BCUT2D eigenvalue weighted by Gasteiger charge is -2.50. The lowest BCUT2D eigenvalue weighted by molar-refractivity contribution is -0.383. The molecule has 26 unspecified atom stereocenters. The monoisotopic (exact) mass is 1550 g/mol. The average molecular weight is 1550 g/mol. The predicted octanol–water partition coefficient (Wildman–Crippen LogP) is -15.0. The van der Waals surface area contributed by atoms with Crippen molar-refractivity contribution in [2.75, 3.05) is 46.1 Å². The number of nitrogens with two attached hydrogens (primary N) is 3. The van der Waals surface area contributed by atoms with Crippen LogP contribution in [0.15, 0.2) is 0 Å². The number of aliphatic hydroxyl groups excluding tert-OH is 15. The minimum Gasteiger partial charge on any atom is -0.480 e. The van der Waals surface area contributed by atoms with Gasteiger partial charge in [0.1, 0.15) is 146 Å². The van der Waals surface area contributed by atoms with Crippen LogP contribution in [0.3, 0.4) is 0 Å². The standard InChI is InChI=1S/C62H109N11O34/c1-21(2)35(72-53(93)26(65)11-7-9-13-63)56(96)66-22(3)52(92)70-28(55(95)69-27(12-8-10-14-64)54(94)73-36(23(4)78)58(97)98)15-34(81)71-57-37(67-24(5)79)42(85)49(31(18-76)100-57)105-59-38(68-25(6)80)43(86)50(32(19-77)103-59)106-62-48(91)51(107-61-47(90)45(88)40(83)30(17-75)102-61)41(84)33(104-62)20-99-60-46(89)44(87)39(82)29(16-74)101-60/h21-23,26-33,35-51,57,59-62,74-78,82-91H,7-20,63-65H2,1-6H3,(H,66,96)(H,67,79)(H,68,80)(H,69,95)(H,70,92)(H,71,81)(H,72,93)(H,73,94)(H,97,98)/t22-,23?,26-,27-,28-,29?,30?,31?,32?,33?,35-,36-,37?,38?,39?,40?,41?,42?,43?,44?,45?,46?,47?,48?,49?,50?,51?,57?,59?,60?,61?,62?/m0/s1. The van der Waals surface area contributed by atoms with Crippen molar-refractivity contribution in [2.45, 2.75) is 282 Å². The summed E-state index contributed by atoms with van der Waals surface area (Å²) in [7, 11) is 0. The van der Waals surface area contributed by atoms with E-state index < -0.39 is 294 Å². The van der Waals surface area contributed by atoms with E-state index in [1.165, 1.54) is 6.92 Å². The summed E-state index contributed by atoms with van der Waals surface area (Å²) in [5.74, 6) is -10.6. The SMILES string of the molecule is CC(=O)NC1C(NC(=O)C[C@H](NC(=O)[C@H](C)NC(=O)[C@@H](NC(=O)[C@@H](N)CCCCN)C(C)C)C(=O)N[C@@H](CCCCN)C(=O)N[C@H](C(=O)O)C(C)O)OC(CO)C(OC2OC(CO)C(OC3OC(COC4OC(CO)C(O)C(O)C4O)C(O)C(OC4OC(CO)C(O)C(O)C4O)C3O)C(O)C2NC(C)=O)C1O. The number of amides is 8. The number of aliphatic hydroxyl groups is 15. The van der Waals surface area contributed by atoms with Crippen LogP contribution in [-0.2, 0) is 85.8 Å². The van der Waals surface area contributed by atoms with Crippen LogP contribution in [0.5, 0.6) is 0 Å². The third kappa shape index (κ3) is 24.8. The molecule has 0 spiro atoms. The molecule has 616 valence electrons. The number of ether oxygens (including phenoxy) is 9. The van der Waals surface area contributed by atoms with E-state index in [1.54, 1.807) is 13.8 Å². The van der Waals surface area contributed by atoms with Gasteiger partial charge in [-0.05, 0) is 65.0 Å². The molecule has 0 aromatic rings. The second-order valence-corrected chi connectivity index (χ2v) is 27.1. The second-order valence-electron chi connectivity index (χ2n) is 27.1. The number of carbonyl (C=O) groups is 9. The molecule has 0 radical (unpaired) electrons. The highest BCUT2D eigenvalue weighted by Crippen LogP contribution is 2.36. The van der Waals surface area contributed by atoms with Gasteiger partial charge in [-0.2, -0.15) is 0 Å². The quantitative estimate of drug-likeness (QED) is 0.0254. The molecule has 32 atom stereocenters. The van der Waals surface area contributed by atoms with E-state index in [2.05, 4.69) is 42.5 Å². The smallest absolute Gasteiger partial charge is 0.328 e. The van der Waals surface area contributed by atoms with Crippen molar-refractivity contribution < 1.29 is 167 Å². The number of unbranched alkanes of at least 4 members (excludes halogenated alkanes) is 2. The Bertz CT molecular complexity index is 2870. The van der Waals surface area contributed by atoms with Crippen molar-refractivity contribution in [2.24, 2.45) is 23.1 Å². The van der Waals surface area contributed by atoms with E-state index in [9.17, 15) is 125 Å². The Morgan fingerprint density at radius 3 is 1.43 bits per heavy atom. The molecule has 45 heteroatoms. The van der Waals surface area contributed by atoms with Crippen LogP contribution in [0.4, 0.5) is 0 Å². The molecule has 107 heavy (non-hydrogen) atoms. The highest BCUT2D eigenvalue weighted by Gasteiger charge is 2.57. The molecule has 5 fully saturated rings. The molecule has 5 saturated heterocycles. The van der Waals surface area contributed by atoms with Gasteiger partial charge in [-0.15, -0.1) is 0 Å². The zero-order valence-corrected chi connectivity index (χ0v) is 59.7. The molecule has 0 aromatic carbocycles. The van der Waals surface area contributed by atoms with Gasteiger partial charge in [0.2, 0.25) is 47.3 Å². The Labute approximate surface area is 613 Å². The Balaban J connectivity index is 1.43. The van der Waals surface area contributed by atoms with Crippen LogP contribution < -0.4 is 59.7 Å². The number of nitrogens with one attached hydrogen (secondary N) is 8. The lowest BCUT2D eigenvalue weighted by Crippen LogP contribution is -2.71. The van der Waals surface area contributed by atoms with Crippen LogP contribution >= 0.6 is 0 Å². The van der Waals surface area contributed by atoms with Crippen molar-refractivity contribution in [1.82, 2.24) is 42.5 Å². The summed E-state index contributed by atoms with van der Waals surface area (Å²) in [4.78, 5) is 122. The van der Waals surface area contributed by atoms with E-state index in [1.807, 2.05) is 0 Å². The van der Waals surface area contributed by atoms with E-state index in [0.29, 0.717) is 19.4 Å². The normalized spacial score (nSPS) is 35.1. The number of carboxylic acid groups (broad SMARTS) is 1. The molecule has 8 amide bonds. The largest absolute Gasteiger partial charge is 0.480 e. The first-order chi connectivity index (χ1) is 50.4. The van der Waals surface area contributed by atoms with E-state index in [-0.39, 0.29) is 32.2 Å². The van der Waals surface area contributed by atoms with Crippen LogP contribution in [0.1, 0.15) is 86.5 Å². The number of aliphatic carboxylic acids is 1. The third-order valence-corrected chi connectivity index (χ3v) is 18.4. The first-order valence-corrected chi connectivity index (χ1v) is 34.9. The third-order valence-electron chi connectivity index (χ3n) is 18.4. The van der Waals surface area contributed by atoms with E-state index >= 15 is 0 Å². The molecule has 5 aliphatic rings. The number of hydrogen-bond donors (Lipinski definition) is 27. The molecule has 5 heterocycles. The summed E-state index contributed by atoms with van der Waals surface area (Å²) in [6.45, 7) is 2.63. The van der Waals surface area contributed by atoms with Crippen LogP contribution in [0.2, 0.25) is 0 Å². The first kappa shape index (κ1) is 91.8. The van der Waals surface area contributed by atoms with Gasteiger partial charge < -0.3 is 184 Å². The number of carbonyl (C=O) groups excluding carboxylic acids is 8. The molecule has 5 aliphatic heterocycles. The summed E-state index contributed by atoms with van der Waals surface area (Å²) in [6.07, 6.45) is -47.3. The predicted molar refractivity (Wildman–Crippen MR) is 354 cm³/mol. The summed E-state index contributed by atoms with van der Waals surface area (Å²) in [6, 6.07) is -13.3. The van der Waals surface area contributed by atoms with E-state index in [4.69, 9.17) is 59.8 Å². The fourth-order valence-electron chi connectivity index (χ4n) is 12.3. The van der Waals surface area contributed by atoms with Gasteiger partial charge in [0, 0.05) is 13.8 Å². The lowest BCUT2D eigenvalue weighted by atomic mass is 9.93. The molecule has 0 saturated carbocycles. The summed E-state index contributed by atoms with van der Waals surface area (Å²) in [5, 5.41) is 192. The summed E-state index contributed by atoms with van der Waals surface area (Å²) in [5.41, 5.74) is 17.3. The number of rotatable bonds is 39. The topological polar surface area (TPSA) is 735 Å². The van der Waals surface area contributed by atoms with Gasteiger partial charge in [-0.25, -0.2) is 4.79 Å². The number of hydrogen-bond acceptors (Lipinski definition) is 36. The fourth-order valence-corrected chi connectivity index (χ4v) is 12.3. The van der Waals surface area contributed by atoms with Crippen LogP contribution in [0, 0.1) is 5.92 Å². The zero-order chi connectivity index (χ0) is 80.2. The van der Waals surface area contributed by atoms with Crippen molar-refractivity contribution in [3.8, 4) is 0 Å². The molecule has 45 nitrogen and oxygen atoms in total. The average Bonchev–Trinajstić information content (AvgIpc) is 0.767. The first-order valence-electron chi connectivity index (χ1n) is 34.9. The maximum Gasteiger partial charge on any atom is 0.328 e. The molecule has 0 bridgehead atoms. The molecule has 30 N–H and O–H groups in total. The summed E-state index contributed by atoms with van der Waals surface area (Å²) < 4.78 is 52.4. The fraction of sp³-hybridized carbons (Fsp3) is 0.855. The van der Waals surface area contributed by atoms with Gasteiger partial charge in [0.15, 0.2) is 37.4 Å². The molecular formula is C62H109N11O34. The maximum absolute atomic E-state index is 14.5. The maximum atomic E-state index is 14.5. The highest BCUT2D eigenvalue weighted by molar-refractivity contribution is 5.98. The van der Waals surface area contributed by atoms with Crippen LogP contribution in [-0.4, -0.2) is 377 Å². The summed E-state index contributed by atoms with van der Waals surface area (Å²) >= 11 is 0. The molecule has 0 aliphatic carbocycles. The Kier molecular flexibility index (Phi) is 37.0. The Morgan fingerprint density at radius 2 is 0.897 bits per heavy atom. The highest BCUT2D eigenvalue weighted by atomic mass is 16.8. The Morgan fingerprint density at radius 1 is 0.439 bits per heavy atom. The van der Waals surface area contributed by atoms with Crippen molar-refractivity contribution in [3.63, 3.8) is 0 Å². The Hall–Kier alpha value is -5.85.